The van der Waals surface area contributed by atoms with Crippen molar-refractivity contribution >= 4 is 22.5 Å². The molecule has 3 aromatic carbocycles. The molecule has 0 aliphatic heterocycles. The van der Waals surface area contributed by atoms with Crippen molar-refractivity contribution in [3.63, 3.8) is 0 Å². The van der Waals surface area contributed by atoms with Gasteiger partial charge in [0.05, 0.1) is 26.3 Å². The van der Waals surface area contributed by atoms with Crippen molar-refractivity contribution in [2.75, 3.05) is 19.1 Å². The molecule has 0 aliphatic carbocycles. The van der Waals surface area contributed by atoms with Crippen LogP contribution in [0.4, 0.5) is 5.69 Å². The zero-order valence-electron chi connectivity index (χ0n) is 20.1. The van der Waals surface area contributed by atoms with E-state index in [1.165, 1.54) is 7.11 Å². The second kappa shape index (κ2) is 9.43. The molecule has 0 spiro atoms. The van der Waals surface area contributed by atoms with Gasteiger partial charge in [-0.05, 0) is 67.6 Å². The Balaban J connectivity index is 1.83. The van der Waals surface area contributed by atoms with Crippen LogP contribution in [-0.2, 0) is 6.54 Å². The Morgan fingerprint density at radius 2 is 1.65 bits per heavy atom. The molecule has 0 aliphatic rings. The normalized spacial score (nSPS) is 10.9. The van der Waals surface area contributed by atoms with Crippen LogP contribution in [0.15, 0.2) is 65.5 Å². The molecule has 1 amide bonds. The maximum atomic E-state index is 13.8. The number of nitrogens with one attached hydrogen (secondary N) is 1. The summed E-state index contributed by atoms with van der Waals surface area (Å²) >= 11 is 0. The van der Waals surface area contributed by atoms with Gasteiger partial charge in [0, 0.05) is 16.8 Å². The van der Waals surface area contributed by atoms with Crippen LogP contribution in [0.1, 0.15) is 32.6 Å². The number of carbonyl (C=O) groups is 1. The molecule has 0 saturated carbocycles. The van der Waals surface area contributed by atoms with Gasteiger partial charge in [-0.1, -0.05) is 35.9 Å². The summed E-state index contributed by atoms with van der Waals surface area (Å²) in [6.07, 6.45) is 0. The van der Waals surface area contributed by atoms with Crippen molar-refractivity contribution in [3.8, 4) is 11.5 Å². The minimum atomic E-state index is -0.239. The van der Waals surface area contributed by atoms with Gasteiger partial charge in [-0.15, -0.1) is 0 Å². The number of aromatic amines is 1. The number of pyridine rings is 1. The molecular formula is C28H28N2O4. The smallest absolute Gasteiger partial charge is 0.258 e. The number of aryl methyl sites for hydroxylation is 3. The Labute approximate surface area is 198 Å². The second-order valence-electron chi connectivity index (χ2n) is 8.41. The third-order valence-corrected chi connectivity index (χ3v) is 6.01. The number of rotatable bonds is 6. The molecule has 0 bridgehead atoms. The van der Waals surface area contributed by atoms with Gasteiger partial charge in [0.2, 0.25) is 0 Å². The topological polar surface area (TPSA) is 71.6 Å². The Hall–Kier alpha value is -4.06. The first-order valence-electron chi connectivity index (χ1n) is 11.0. The van der Waals surface area contributed by atoms with Crippen LogP contribution < -0.4 is 19.9 Å². The van der Waals surface area contributed by atoms with Gasteiger partial charge in [0.15, 0.2) is 11.5 Å². The highest BCUT2D eigenvalue weighted by atomic mass is 16.5. The number of hydrogen-bond acceptors (Lipinski definition) is 4. The van der Waals surface area contributed by atoms with Crippen molar-refractivity contribution in [3.05, 3.63) is 98.8 Å². The van der Waals surface area contributed by atoms with Crippen LogP contribution in [0.3, 0.4) is 0 Å². The van der Waals surface area contributed by atoms with E-state index >= 15 is 0 Å². The van der Waals surface area contributed by atoms with Crippen LogP contribution in [0.5, 0.6) is 11.5 Å². The van der Waals surface area contributed by atoms with E-state index in [9.17, 15) is 9.59 Å². The highest BCUT2D eigenvalue weighted by Crippen LogP contribution is 2.30. The number of amides is 1. The second-order valence-corrected chi connectivity index (χ2v) is 8.41. The zero-order chi connectivity index (χ0) is 24.4. The number of H-pyrrole nitrogens is 1. The highest BCUT2D eigenvalue weighted by Gasteiger charge is 2.23. The quantitative estimate of drug-likeness (QED) is 0.426. The summed E-state index contributed by atoms with van der Waals surface area (Å²) in [6.45, 7) is 6.05. The fourth-order valence-electron chi connectivity index (χ4n) is 4.22. The van der Waals surface area contributed by atoms with Crippen molar-refractivity contribution in [1.29, 1.82) is 0 Å². The number of fused-ring (bicyclic) bond motifs is 1. The fourth-order valence-corrected chi connectivity index (χ4v) is 4.22. The predicted octanol–water partition coefficient (Wildman–Crippen LogP) is 5.32. The van der Waals surface area contributed by atoms with E-state index in [1.54, 1.807) is 30.2 Å². The summed E-state index contributed by atoms with van der Waals surface area (Å²) in [7, 11) is 3.08. The van der Waals surface area contributed by atoms with Gasteiger partial charge < -0.3 is 19.4 Å². The molecule has 6 nitrogen and oxygen atoms in total. The zero-order valence-corrected chi connectivity index (χ0v) is 20.1. The van der Waals surface area contributed by atoms with Gasteiger partial charge in [-0.2, -0.15) is 0 Å². The minimum absolute atomic E-state index is 0.121. The number of benzene rings is 3. The Kier molecular flexibility index (Phi) is 6.41. The lowest BCUT2D eigenvalue weighted by atomic mass is 10.1. The van der Waals surface area contributed by atoms with E-state index < -0.39 is 0 Å². The molecule has 0 saturated heterocycles. The SMILES string of the molecule is COc1ccc(C(=O)N(Cc2cc3cccc(C)c3[nH]c2=O)c2ccc(C)cc2C)cc1OC. The van der Waals surface area contributed by atoms with Gasteiger partial charge >= 0.3 is 0 Å². The average Bonchev–Trinajstić information content (AvgIpc) is 2.83. The summed E-state index contributed by atoms with van der Waals surface area (Å²) in [4.78, 5) is 31.4. The number of anilines is 1. The van der Waals surface area contributed by atoms with Crippen molar-refractivity contribution < 1.29 is 14.3 Å². The van der Waals surface area contributed by atoms with Gasteiger partial charge in [0.1, 0.15) is 0 Å². The molecule has 0 radical (unpaired) electrons. The third-order valence-electron chi connectivity index (χ3n) is 6.01. The lowest BCUT2D eigenvalue weighted by molar-refractivity contribution is 0.0984. The summed E-state index contributed by atoms with van der Waals surface area (Å²) in [5, 5.41) is 0.925. The number of carbonyl (C=O) groups excluding carboxylic acids is 1. The molecule has 174 valence electrons. The number of aromatic nitrogens is 1. The summed E-state index contributed by atoms with van der Waals surface area (Å²) in [5.41, 5.74) is 5.32. The molecular weight excluding hydrogens is 428 g/mol. The molecule has 6 heteroatoms. The molecule has 1 heterocycles. The van der Waals surface area contributed by atoms with Gasteiger partial charge in [-0.3, -0.25) is 9.59 Å². The predicted molar refractivity (Wildman–Crippen MR) is 135 cm³/mol. The van der Waals surface area contributed by atoms with E-state index in [0.29, 0.717) is 22.6 Å². The number of hydrogen-bond donors (Lipinski definition) is 1. The van der Waals surface area contributed by atoms with E-state index in [-0.39, 0.29) is 18.0 Å². The van der Waals surface area contributed by atoms with Crippen molar-refractivity contribution in [2.24, 2.45) is 0 Å². The molecule has 4 aromatic rings. The summed E-state index contributed by atoms with van der Waals surface area (Å²) < 4.78 is 10.7. The van der Waals surface area contributed by atoms with Crippen LogP contribution in [0.2, 0.25) is 0 Å². The lowest BCUT2D eigenvalue weighted by Crippen LogP contribution is -2.33. The molecule has 0 fully saturated rings. The summed E-state index contributed by atoms with van der Waals surface area (Å²) in [5.74, 6) is 0.767. The first-order valence-corrected chi connectivity index (χ1v) is 11.0. The molecule has 4 rings (SSSR count). The van der Waals surface area contributed by atoms with E-state index in [4.69, 9.17) is 9.47 Å². The highest BCUT2D eigenvalue weighted by molar-refractivity contribution is 6.06. The number of para-hydroxylation sites is 1. The van der Waals surface area contributed by atoms with Gasteiger partial charge in [-0.25, -0.2) is 0 Å². The number of ether oxygens (including phenoxy) is 2. The number of methoxy groups -OCH3 is 2. The van der Waals surface area contributed by atoms with Crippen LogP contribution in [0, 0.1) is 20.8 Å². The van der Waals surface area contributed by atoms with Crippen LogP contribution in [-0.4, -0.2) is 25.1 Å². The fraction of sp³-hybridized carbons (Fsp3) is 0.214. The number of nitrogens with zero attached hydrogens (tertiary/aromatic N) is 1. The van der Waals surface area contributed by atoms with Crippen molar-refractivity contribution in [1.82, 2.24) is 4.98 Å². The van der Waals surface area contributed by atoms with Crippen LogP contribution in [0.25, 0.3) is 10.9 Å². The first kappa shape index (κ1) is 23.1. The van der Waals surface area contributed by atoms with E-state index in [0.717, 1.165) is 33.3 Å². The Morgan fingerprint density at radius 1 is 0.882 bits per heavy atom. The summed E-state index contributed by atoms with van der Waals surface area (Å²) in [6, 6.07) is 18.7. The third kappa shape index (κ3) is 4.39. The maximum absolute atomic E-state index is 13.8. The molecule has 1 N–H and O–H groups in total. The van der Waals surface area contributed by atoms with Crippen molar-refractivity contribution in [2.45, 2.75) is 27.3 Å². The van der Waals surface area contributed by atoms with E-state index in [2.05, 4.69) is 4.98 Å². The standard InChI is InChI=1S/C28H28N2O4/c1-17-9-11-23(19(3)13-17)30(28(32)21-10-12-24(33-4)25(15-21)34-5)16-22-14-20-8-6-7-18(2)26(20)29-27(22)31/h6-15H,16H2,1-5H3,(H,29,31). The molecule has 0 unspecified atom stereocenters. The Bertz CT molecular complexity index is 1440. The Morgan fingerprint density at radius 3 is 2.35 bits per heavy atom. The van der Waals surface area contributed by atoms with E-state index in [1.807, 2.05) is 63.2 Å². The maximum Gasteiger partial charge on any atom is 0.258 e. The first-order chi connectivity index (χ1) is 16.3. The monoisotopic (exact) mass is 456 g/mol. The minimum Gasteiger partial charge on any atom is -0.493 e. The average molecular weight is 457 g/mol. The van der Waals surface area contributed by atoms with Gasteiger partial charge in [0.25, 0.3) is 11.5 Å². The largest absolute Gasteiger partial charge is 0.493 e. The van der Waals surface area contributed by atoms with Crippen LogP contribution >= 0.6 is 0 Å². The molecule has 0 atom stereocenters. The molecule has 1 aromatic heterocycles. The molecule has 34 heavy (non-hydrogen) atoms. The lowest BCUT2D eigenvalue weighted by Gasteiger charge is -2.25.